The van der Waals surface area contributed by atoms with Crippen LogP contribution < -0.4 is 0 Å². The molecule has 1 rings (SSSR count). The van der Waals surface area contributed by atoms with E-state index in [9.17, 15) is 4.79 Å². The van der Waals surface area contributed by atoms with Gasteiger partial charge in [-0.3, -0.25) is 4.79 Å². The summed E-state index contributed by atoms with van der Waals surface area (Å²) in [6.45, 7) is 3.54. The molecule has 1 aliphatic heterocycles. The van der Waals surface area contributed by atoms with Gasteiger partial charge in [0.1, 0.15) is 6.10 Å². The van der Waals surface area contributed by atoms with E-state index in [0.29, 0.717) is 6.42 Å². The van der Waals surface area contributed by atoms with Crippen molar-refractivity contribution in [3.05, 3.63) is 6.92 Å². The van der Waals surface area contributed by atoms with Gasteiger partial charge in [-0.15, -0.1) is 0 Å². The molecule has 1 aliphatic rings. The van der Waals surface area contributed by atoms with Crippen LogP contribution in [0.15, 0.2) is 0 Å². The molecule has 1 fully saturated rings. The first-order valence-corrected chi connectivity index (χ1v) is 2.31. The van der Waals surface area contributed by atoms with Crippen molar-refractivity contribution in [3.8, 4) is 0 Å². The van der Waals surface area contributed by atoms with Crippen LogP contribution in [0, 0.1) is 6.92 Å². The summed E-state index contributed by atoms with van der Waals surface area (Å²) in [5, 5.41) is 0. The van der Waals surface area contributed by atoms with Gasteiger partial charge in [0, 0.05) is 6.42 Å². The average Bonchev–Trinajstić information content (AvgIpc) is 1.87. The summed E-state index contributed by atoms with van der Waals surface area (Å²) in [6.07, 6.45) is 1.26. The lowest BCUT2D eigenvalue weighted by Crippen LogP contribution is -1.99. The van der Waals surface area contributed by atoms with Crippen molar-refractivity contribution in [3.63, 3.8) is 0 Å². The Kier molecular flexibility index (Phi) is 1.01. The van der Waals surface area contributed by atoms with E-state index in [2.05, 4.69) is 11.7 Å². The van der Waals surface area contributed by atoms with Crippen LogP contribution in [-0.2, 0) is 9.53 Å². The average molecular weight is 99.1 g/mol. The lowest BCUT2D eigenvalue weighted by Gasteiger charge is -1.95. The SMILES string of the molecule is [CH2][C@H]1CCC(=O)O1. The van der Waals surface area contributed by atoms with E-state index in [1.54, 1.807) is 0 Å². The lowest BCUT2D eigenvalue weighted by atomic mass is 10.3. The second-order valence-corrected chi connectivity index (χ2v) is 1.65. The Labute approximate surface area is 42.5 Å². The quantitative estimate of drug-likeness (QED) is 0.414. The van der Waals surface area contributed by atoms with Crippen molar-refractivity contribution >= 4 is 5.97 Å². The Morgan fingerprint density at radius 1 is 1.86 bits per heavy atom. The highest BCUT2D eigenvalue weighted by molar-refractivity contribution is 5.71. The normalized spacial score (nSPS) is 30.4. The number of hydrogen-bond acceptors (Lipinski definition) is 2. The van der Waals surface area contributed by atoms with Crippen molar-refractivity contribution in [2.24, 2.45) is 0 Å². The topological polar surface area (TPSA) is 26.3 Å². The van der Waals surface area contributed by atoms with Gasteiger partial charge in [-0.1, -0.05) is 0 Å². The minimum absolute atomic E-state index is 0.0764. The summed E-state index contributed by atoms with van der Waals surface area (Å²) in [4.78, 5) is 10.2. The third-order valence-electron chi connectivity index (χ3n) is 0.969. The summed E-state index contributed by atoms with van der Waals surface area (Å²) < 4.78 is 4.61. The van der Waals surface area contributed by atoms with Gasteiger partial charge in [0.2, 0.25) is 0 Å². The molecule has 0 bridgehead atoms. The molecule has 1 atom stereocenters. The summed E-state index contributed by atoms with van der Waals surface area (Å²) >= 11 is 0. The molecule has 0 aromatic rings. The van der Waals surface area contributed by atoms with Crippen LogP contribution in [0.2, 0.25) is 0 Å². The molecule has 0 spiro atoms. The Bertz CT molecular complexity index is 88.1. The Hall–Kier alpha value is -0.530. The van der Waals surface area contributed by atoms with Crippen molar-refractivity contribution in [2.75, 3.05) is 0 Å². The molecule has 0 saturated carbocycles. The van der Waals surface area contributed by atoms with Crippen molar-refractivity contribution in [1.29, 1.82) is 0 Å². The maximum absolute atomic E-state index is 10.2. The first kappa shape index (κ1) is 4.62. The van der Waals surface area contributed by atoms with Crippen LogP contribution in [-0.4, -0.2) is 12.1 Å². The summed E-state index contributed by atoms with van der Waals surface area (Å²) in [5.41, 5.74) is 0. The molecule has 0 N–H and O–H groups in total. The zero-order valence-electron chi connectivity index (χ0n) is 4.02. The molecule has 2 heteroatoms. The fraction of sp³-hybridized carbons (Fsp3) is 0.600. The third-order valence-corrected chi connectivity index (χ3v) is 0.969. The van der Waals surface area contributed by atoms with E-state index in [0.717, 1.165) is 6.42 Å². The standard InChI is InChI=1S/C5H7O2/c1-4-2-3-5(6)7-4/h4H,1-3H2/t4-/m0/s1. The molecule has 2 nitrogen and oxygen atoms in total. The summed E-state index contributed by atoms with van der Waals surface area (Å²) in [6, 6.07) is 0. The highest BCUT2D eigenvalue weighted by Crippen LogP contribution is 2.10. The highest BCUT2D eigenvalue weighted by Gasteiger charge is 2.17. The van der Waals surface area contributed by atoms with Crippen molar-refractivity contribution in [1.82, 2.24) is 0 Å². The molecule has 39 valence electrons. The van der Waals surface area contributed by atoms with E-state index in [1.165, 1.54) is 0 Å². The zero-order valence-corrected chi connectivity index (χ0v) is 4.02. The molecule has 1 saturated heterocycles. The van der Waals surface area contributed by atoms with Gasteiger partial charge >= 0.3 is 5.97 Å². The fourth-order valence-electron chi connectivity index (χ4n) is 0.583. The van der Waals surface area contributed by atoms with E-state index in [4.69, 9.17) is 0 Å². The number of carbonyl (C=O) groups excluding carboxylic acids is 1. The molecule has 1 heterocycles. The van der Waals surface area contributed by atoms with E-state index >= 15 is 0 Å². The molecular formula is C5H7O2. The molecular weight excluding hydrogens is 92.1 g/mol. The Morgan fingerprint density at radius 2 is 2.57 bits per heavy atom. The van der Waals surface area contributed by atoms with Gasteiger partial charge in [0.05, 0.1) is 0 Å². The molecule has 1 radical (unpaired) electrons. The van der Waals surface area contributed by atoms with Crippen LogP contribution >= 0.6 is 0 Å². The second-order valence-electron chi connectivity index (χ2n) is 1.65. The molecule has 0 aliphatic carbocycles. The first-order valence-electron chi connectivity index (χ1n) is 2.31. The zero-order chi connectivity index (χ0) is 5.28. The van der Waals surface area contributed by atoms with Crippen LogP contribution in [0.3, 0.4) is 0 Å². The largest absolute Gasteiger partial charge is 0.462 e. The van der Waals surface area contributed by atoms with Gasteiger partial charge in [-0.2, -0.15) is 0 Å². The molecule has 0 unspecified atom stereocenters. The number of cyclic esters (lactones) is 1. The van der Waals surface area contributed by atoms with E-state index in [-0.39, 0.29) is 12.1 Å². The van der Waals surface area contributed by atoms with Crippen molar-refractivity contribution < 1.29 is 9.53 Å². The predicted octanol–water partition coefficient (Wildman–Crippen LogP) is 0.526. The number of rotatable bonds is 0. The maximum atomic E-state index is 10.2. The van der Waals surface area contributed by atoms with Gasteiger partial charge in [-0.05, 0) is 13.3 Å². The predicted molar refractivity (Wildman–Crippen MR) is 24.5 cm³/mol. The summed E-state index contributed by atoms with van der Waals surface area (Å²) in [7, 11) is 0. The molecule has 0 aromatic heterocycles. The Balaban J connectivity index is 2.40. The van der Waals surface area contributed by atoms with Crippen molar-refractivity contribution in [2.45, 2.75) is 18.9 Å². The van der Waals surface area contributed by atoms with Gasteiger partial charge in [0.15, 0.2) is 0 Å². The molecule has 7 heavy (non-hydrogen) atoms. The number of ether oxygens (including phenoxy) is 1. The number of hydrogen-bond donors (Lipinski definition) is 0. The maximum Gasteiger partial charge on any atom is 0.306 e. The second kappa shape index (κ2) is 1.52. The number of esters is 1. The highest BCUT2D eigenvalue weighted by atomic mass is 16.5. The fourth-order valence-corrected chi connectivity index (χ4v) is 0.583. The van der Waals surface area contributed by atoms with E-state index in [1.807, 2.05) is 0 Å². The molecule has 0 aromatic carbocycles. The first-order chi connectivity index (χ1) is 3.29. The minimum atomic E-state index is -0.111. The van der Waals surface area contributed by atoms with E-state index < -0.39 is 0 Å². The lowest BCUT2D eigenvalue weighted by molar-refractivity contribution is -0.140. The third kappa shape index (κ3) is 0.918. The van der Waals surface area contributed by atoms with Crippen LogP contribution in [0.5, 0.6) is 0 Å². The minimum Gasteiger partial charge on any atom is -0.462 e. The smallest absolute Gasteiger partial charge is 0.306 e. The van der Waals surface area contributed by atoms with Gasteiger partial charge in [-0.25, -0.2) is 0 Å². The molecule has 0 amide bonds. The number of carbonyl (C=O) groups is 1. The van der Waals surface area contributed by atoms with Gasteiger partial charge < -0.3 is 4.74 Å². The van der Waals surface area contributed by atoms with Crippen LogP contribution in [0.25, 0.3) is 0 Å². The van der Waals surface area contributed by atoms with Gasteiger partial charge in [0.25, 0.3) is 0 Å². The monoisotopic (exact) mass is 99.0 g/mol. The van der Waals surface area contributed by atoms with Crippen LogP contribution in [0.4, 0.5) is 0 Å². The van der Waals surface area contributed by atoms with Crippen LogP contribution in [0.1, 0.15) is 12.8 Å². The Morgan fingerprint density at radius 3 is 2.71 bits per heavy atom. The summed E-state index contributed by atoms with van der Waals surface area (Å²) in [5.74, 6) is -0.111.